The van der Waals surface area contributed by atoms with E-state index < -0.39 is 48.9 Å². The molecular formula is C11H21NO7. The second-order valence-electron chi connectivity index (χ2n) is 5.17. The first kappa shape index (κ1) is 15.1. The highest BCUT2D eigenvalue weighted by Gasteiger charge is 2.44. The number of aliphatic hydroxyl groups is 6. The fourth-order valence-electron chi connectivity index (χ4n) is 2.67. The Morgan fingerprint density at radius 3 is 1.89 bits per heavy atom. The predicted molar refractivity (Wildman–Crippen MR) is 61.9 cm³/mol. The molecule has 0 saturated carbocycles. The van der Waals surface area contributed by atoms with E-state index in [2.05, 4.69) is 5.32 Å². The summed E-state index contributed by atoms with van der Waals surface area (Å²) < 4.78 is 5.00. The van der Waals surface area contributed by atoms with Crippen molar-refractivity contribution in [3.63, 3.8) is 0 Å². The van der Waals surface area contributed by atoms with Crippen LogP contribution in [0.15, 0.2) is 0 Å². The van der Waals surface area contributed by atoms with Gasteiger partial charge < -0.3 is 40.7 Å². The first-order valence-electron chi connectivity index (χ1n) is 6.38. The Labute approximate surface area is 110 Å². The minimum atomic E-state index is -1.41. The van der Waals surface area contributed by atoms with Crippen LogP contribution < -0.4 is 5.32 Å². The molecule has 0 aromatic rings. The van der Waals surface area contributed by atoms with Crippen LogP contribution in [0.2, 0.25) is 0 Å². The van der Waals surface area contributed by atoms with E-state index in [4.69, 9.17) is 9.84 Å². The van der Waals surface area contributed by atoms with E-state index >= 15 is 0 Å². The second kappa shape index (κ2) is 5.98. The molecule has 2 aliphatic rings. The van der Waals surface area contributed by atoms with E-state index in [-0.39, 0.29) is 6.61 Å². The lowest BCUT2D eigenvalue weighted by molar-refractivity contribution is -0.128. The molecule has 2 heterocycles. The molecule has 7 N–H and O–H groups in total. The Balaban J connectivity index is 1.83. The summed E-state index contributed by atoms with van der Waals surface area (Å²) in [4.78, 5) is 0. The van der Waals surface area contributed by atoms with Crippen molar-refractivity contribution in [3.8, 4) is 0 Å². The van der Waals surface area contributed by atoms with Crippen LogP contribution in [0.4, 0.5) is 0 Å². The first-order valence-corrected chi connectivity index (χ1v) is 6.38. The lowest BCUT2D eigenvalue weighted by Gasteiger charge is -2.19. The van der Waals surface area contributed by atoms with E-state index in [1.165, 1.54) is 0 Å². The zero-order valence-corrected chi connectivity index (χ0v) is 10.3. The van der Waals surface area contributed by atoms with Crippen molar-refractivity contribution in [2.75, 3.05) is 6.61 Å². The van der Waals surface area contributed by atoms with Gasteiger partial charge in [0, 0.05) is 6.04 Å². The molecule has 0 aliphatic carbocycles. The van der Waals surface area contributed by atoms with Crippen LogP contribution in [-0.4, -0.2) is 86.1 Å². The van der Waals surface area contributed by atoms with Crippen LogP contribution in [0.5, 0.6) is 0 Å². The number of hydrogen-bond acceptors (Lipinski definition) is 8. The fraction of sp³-hybridized carbons (Fsp3) is 1.00. The van der Waals surface area contributed by atoms with Gasteiger partial charge in [-0.25, -0.2) is 0 Å². The Kier molecular flexibility index (Phi) is 4.75. The van der Waals surface area contributed by atoms with Gasteiger partial charge in [0.2, 0.25) is 0 Å². The second-order valence-corrected chi connectivity index (χ2v) is 5.17. The molecular weight excluding hydrogens is 258 g/mol. The molecule has 0 bridgehead atoms. The molecule has 19 heavy (non-hydrogen) atoms. The third-order valence-corrected chi connectivity index (χ3v) is 3.90. The van der Waals surface area contributed by atoms with E-state index in [0.717, 1.165) is 0 Å². The summed E-state index contributed by atoms with van der Waals surface area (Å²) in [5, 5.41) is 59.5. The summed E-state index contributed by atoms with van der Waals surface area (Å²) in [5.41, 5.74) is 0. The number of ether oxygens (including phenoxy) is 1. The fourth-order valence-corrected chi connectivity index (χ4v) is 2.67. The molecule has 0 radical (unpaired) electrons. The van der Waals surface area contributed by atoms with Crippen LogP contribution in [0, 0.1) is 0 Å². The van der Waals surface area contributed by atoms with Crippen LogP contribution in [0.25, 0.3) is 0 Å². The average molecular weight is 279 g/mol. The van der Waals surface area contributed by atoms with Crippen molar-refractivity contribution in [2.24, 2.45) is 0 Å². The maximum absolute atomic E-state index is 9.78. The standard InChI is InChI=1S/C11H21NO7/c13-3-5-8(15)7(14)4(12-5)1-2-6-9(16)10(17)11(18)19-6/h4-18H,1-3H2/t4-,5-,6-,7-,8+,9+,10+,11?/m0/s1. The van der Waals surface area contributed by atoms with Gasteiger partial charge in [0.1, 0.15) is 12.2 Å². The molecule has 112 valence electrons. The van der Waals surface area contributed by atoms with Crippen LogP contribution in [-0.2, 0) is 4.74 Å². The van der Waals surface area contributed by atoms with Crippen LogP contribution >= 0.6 is 0 Å². The molecule has 2 fully saturated rings. The van der Waals surface area contributed by atoms with E-state index in [1.54, 1.807) is 0 Å². The quantitative estimate of drug-likeness (QED) is 0.278. The molecule has 2 saturated heterocycles. The summed E-state index contributed by atoms with van der Waals surface area (Å²) in [7, 11) is 0. The van der Waals surface area contributed by atoms with Gasteiger partial charge in [-0.3, -0.25) is 0 Å². The summed E-state index contributed by atoms with van der Waals surface area (Å²) in [5.74, 6) is 0. The van der Waals surface area contributed by atoms with E-state index in [1.807, 2.05) is 0 Å². The van der Waals surface area contributed by atoms with Crippen molar-refractivity contribution in [3.05, 3.63) is 0 Å². The normalized spacial score (nSPS) is 50.8. The molecule has 8 heteroatoms. The minimum absolute atomic E-state index is 0.283. The number of nitrogens with one attached hydrogen (secondary N) is 1. The Bertz CT molecular complexity index is 305. The summed E-state index contributed by atoms with van der Waals surface area (Å²) >= 11 is 0. The molecule has 8 atom stereocenters. The summed E-state index contributed by atoms with van der Waals surface area (Å²) in [6, 6.07) is -1.01. The third kappa shape index (κ3) is 2.91. The third-order valence-electron chi connectivity index (χ3n) is 3.90. The molecule has 1 unspecified atom stereocenters. The zero-order chi connectivity index (χ0) is 14.2. The first-order chi connectivity index (χ1) is 8.95. The van der Waals surface area contributed by atoms with Gasteiger partial charge in [-0.1, -0.05) is 0 Å². The molecule has 0 aromatic heterocycles. The summed E-state index contributed by atoms with van der Waals surface area (Å²) in [6.07, 6.45) is -6.01. The number of aliphatic hydroxyl groups excluding tert-OH is 6. The van der Waals surface area contributed by atoms with Gasteiger partial charge in [-0.15, -0.1) is 0 Å². The van der Waals surface area contributed by atoms with Gasteiger partial charge in [0.05, 0.1) is 31.0 Å². The topological polar surface area (TPSA) is 143 Å². The van der Waals surface area contributed by atoms with Gasteiger partial charge in [0.25, 0.3) is 0 Å². The molecule has 8 nitrogen and oxygen atoms in total. The van der Waals surface area contributed by atoms with Gasteiger partial charge in [-0.05, 0) is 12.8 Å². The lowest BCUT2D eigenvalue weighted by Crippen LogP contribution is -2.37. The predicted octanol–water partition coefficient (Wildman–Crippen LogP) is -3.74. The highest BCUT2D eigenvalue weighted by atomic mass is 16.6. The number of hydrogen-bond donors (Lipinski definition) is 7. The zero-order valence-electron chi connectivity index (χ0n) is 10.3. The maximum Gasteiger partial charge on any atom is 0.183 e. The smallest absolute Gasteiger partial charge is 0.183 e. The van der Waals surface area contributed by atoms with Crippen molar-refractivity contribution >= 4 is 0 Å². The molecule has 0 aromatic carbocycles. The molecule has 2 rings (SSSR count). The highest BCUT2D eigenvalue weighted by molar-refractivity contribution is 4.98. The van der Waals surface area contributed by atoms with E-state index in [9.17, 15) is 25.5 Å². The highest BCUT2D eigenvalue weighted by Crippen LogP contribution is 2.26. The monoisotopic (exact) mass is 279 g/mol. The Morgan fingerprint density at radius 1 is 0.789 bits per heavy atom. The van der Waals surface area contributed by atoms with Gasteiger partial charge >= 0.3 is 0 Å². The van der Waals surface area contributed by atoms with Gasteiger partial charge in [-0.2, -0.15) is 0 Å². The Morgan fingerprint density at radius 2 is 1.42 bits per heavy atom. The van der Waals surface area contributed by atoms with Crippen molar-refractivity contribution in [2.45, 2.75) is 61.7 Å². The van der Waals surface area contributed by atoms with Gasteiger partial charge in [0.15, 0.2) is 6.29 Å². The van der Waals surface area contributed by atoms with E-state index in [0.29, 0.717) is 12.8 Å². The van der Waals surface area contributed by atoms with Crippen LogP contribution in [0.1, 0.15) is 12.8 Å². The van der Waals surface area contributed by atoms with Crippen LogP contribution in [0.3, 0.4) is 0 Å². The number of rotatable bonds is 4. The largest absolute Gasteiger partial charge is 0.395 e. The van der Waals surface area contributed by atoms with Crippen molar-refractivity contribution in [1.82, 2.24) is 5.32 Å². The minimum Gasteiger partial charge on any atom is -0.395 e. The summed E-state index contributed by atoms with van der Waals surface area (Å²) in [6.45, 7) is -0.283. The van der Waals surface area contributed by atoms with Crippen molar-refractivity contribution in [1.29, 1.82) is 0 Å². The average Bonchev–Trinajstić information content (AvgIpc) is 2.81. The Hall–Kier alpha value is -0.320. The molecule has 2 aliphatic heterocycles. The molecule has 0 amide bonds. The molecule has 0 spiro atoms. The lowest BCUT2D eigenvalue weighted by atomic mass is 9.99. The van der Waals surface area contributed by atoms with Crippen molar-refractivity contribution < 1.29 is 35.4 Å². The maximum atomic E-state index is 9.78. The SMILES string of the molecule is OC[C@@H]1N[C@@H](CC[C@@H]2OC(O)[C@H](O)[C@@H]2O)[C@H](O)[C@@H]1O.